The molecule has 0 aromatic heterocycles. The lowest BCUT2D eigenvalue weighted by molar-refractivity contribution is -0.190. The number of carbonyl (C=O) groups excluding carboxylic acids is 5. The summed E-state index contributed by atoms with van der Waals surface area (Å²) in [5, 5.41) is 15.6. The van der Waals surface area contributed by atoms with E-state index in [0.29, 0.717) is 35.1 Å². The molecule has 0 radical (unpaired) electrons. The Balaban J connectivity index is 1.51. The molecule has 60 heavy (non-hydrogen) atoms. The molecular weight excluding hydrogens is 767 g/mol. The van der Waals surface area contributed by atoms with Crippen LogP contribution in [0.25, 0.3) is 6.08 Å². The molecule has 13 heteroatoms. The lowest BCUT2D eigenvalue weighted by Gasteiger charge is -2.31. The zero-order chi connectivity index (χ0) is 43.9. The molecule has 1 aliphatic heterocycles. The van der Waals surface area contributed by atoms with E-state index in [9.17, 15) is 29.1 Å². The Kier molecular flexibility index (Phi) is 18.1. The summed E-state index contributed by atoms with van der Waals surface area (Å²) >= 11 is 0. The molecule has 1 aliphatic carbocycles. The highest BCUT2D eigenvalue weighted by Gasteiger charge is 2.52. The van der Waals surface area contributed by atoms with Gasteiger partial charge < -0.3 is 39.6 Å². The Bertz CT molecular complexity index is 1840. The van der Waals surface area contributed by atoms with Crippen molar-refractivity contribution in [3.05, 3.63) is 88.5 Å². The summed E-state index contributed by atoms with van der Waals surface area (Å²) in [5.41, 5.74) is 1.51. The van der Waals surface area contributed by atoms with Crippen LogP contribution in [0.3, 0.4) is 0 Å². The van der Waals surface area contributed by atoms with Gasteiger partial charge >= 0.3 is 11.9 Å². The summed E-state index contributed by atoms with van der Waals surface area (Å²) in [7, 11) is 3.29. The third kappa shape index (κ3) is 14.4. The standard InChI is InChI=1S/C47H65N3O10/c1-8-10-14-25-47(26-15-11-9-2)58-39-29-35(28-38(42(39)60-47)57-45(56)37-20-13-12-18-33(37)21-23-40(52)50(6)7)43(54)48-30-32-17-16-19-34(27-32)44(55)49-36(31-51)22-24-41(53)59-46(3,4)5/h12-13,16-21,23,27,29,36,38-39,42,51H,8-11,14-15,22,24-26,28,30-31H2,1-7H3,(H,48,54)(H,49,55). The minimum absolute atomic E-state index is 0.0338. The summed E-state index contributed by atoms with van der Waals surface area (Å²) in [5.74, 6) is -2.95. The van der Waals surface area contributed by atoms with E-state index in [4.69, 9.17) is 18.9 Å². The van der Waals surface area contributed by atoms with E-state index in [-0.39, 0.29) is 49.8 Å². The maximum Gasteiger partial charge on any atom is 0.339 e. The lowest BCUT2D eigenvalue weighted by Crippen LogP contribution is -2.43. The topological polar surface area (TPSA) is 170 Å². The van der Waals surface area contributed by atoms with Crippen LogP contribution in [0, 0.1) is 0 Å². The van der Waals surface area contributed by atoms with E-state index < -0.39 is 53.6 Å². The second-order valence-electron chi connectivity index (χ2n) is 16.8. The normalized spacial score (nSPS) is 18.9. The van der Waals surface area contributed by atoms with E-state index in [1.54, 1.807) is 95.5 Å². The molecule has 0 saturated carbocycles. The van der Waals surface area contributed by atoms with E-state index >= 15 is 0 Å². The summed E-state index contributed by atoms with van der Waals surface area (Å²) in [6.07, 6.45) is 10.2. The van der Waals surface area contributed by atoms with Crippen molar-refractivity contribution in [2.24, 2.45) is 0 Å². The van der Waals surface area contributed by atoms with E-state index in [1.807, 2.05) is 0 Å². The smallest absolute Gasteiger partial charge is 0.339 e. The minimum atomic E-state index is -0.883. The number of nitrogens with zero attached hydrogens (tertiary/aromatic N) is 1. The highest BCUT2D eigenvalue weighted by molar-refractivity contribution is 5.98. The van der Waals surface area contributed by atoms with Gasteiger partial charge in [-0.1, -0.05) is 69.9 Å². The molecule has 4 atom stereocenters. The number of likely N-dealkylation sites (N-methyl/N-ethyl adjacent to an activating group) is 1. The average molecular weight is 832 g/mol. The quantitative estimate of drug-likeness (QED) is 0.0690. The first-order valence-corrected chi connectivity index (χ1v) is 21.3. The molecule has 328 valence electrons. The Morgan fingerprint density at radius 1 is 0.950 bits per heavy atom. The van der Waals surface area contributed by atoms with Crippen molar-refractivity contribution < 1.29 is 48.0 Å². The maximum atomic E-state index is 13.9. The first-order valence-electron chi connectivity index (χ1n) is 21.3. The summed E-state index contributed by atoms with van der Waals surface area (Å²) in [6.45, 7) is 9.34. The number of carbonyl (C=O) groups is 5. The van der Waals surface area contributed by atoms with E-state index in [1.165, 1.54) is 11.0 Å². The zero-order valence-corrected chi connectivity index (χ0v) is 36.4. The third-order valence-corrected chi connectivity index (χ3v) is 10.4. The number of fused-ring (bicyclic) bond motifs is 1. The molecular formula is C47H65N3O10. The fourth-order valence-electron chi connectivity index (χ4n) is 7.22. The second kappa shape index (κ2) is 22.7. The molecule has 1 saturated heterocycles. The molecule has 1 heterocycles. The van der Waals surface area contributed by atoms with Gasteiger partial charge in [-0.05, 0) is 81.5 Å². The second-order valence-corrected chi connectivity index (χ2v) is 16.8. The molecule has 0 spiro atoms. The number of hydrogen-bond donors (Lipinski definition) is 3. The highest BCUT2D eigenvalue weighted by atomic mass is 16.8. The number of benzene rings is 2. The third-order valence-electron chi connectivity index (χ3n) is 10.4. The van der Waals surface area contributed by atoms with Gasteiger partial charge in [-0.25, -0.2) is 4.79 Å². The molecule has 2 aliphatic rings. The van der Waals surface area contributed by atoms with Crippen LogP contribution in [0.1, 0.15) is 137 Å². The van der Waals surface area contributed by atoms with Crippen LogP contribution < -0.4 is 10.6 Å². The number of unbranched alkanes of at least 4 members (excludes halogenated alkanes) is 4. The van der Waals surface area contributed by atoms with Crippen LogP contribution in [0.5, 0.6) is 0 Å². The number of amides is 3. The molecule has 0 bridgehead atoms. The molecule has 3 amide bonds. The summed E-state index contributed by atoms with van der Waals surface area (Å²) < 4.78 is 25.1. The van der Waals surface area contributed by atoms with Crippen molar-refractivity contribution in [1.82, 2.24) is 15.5 Å². The summed E-state index contributed by atoms with van der Waals surface area (Å²) in [6, 6.07) is 13.0. The molecule has 2 aromatic rings. The number of nitrogens with one attached hydrogen (secondary N) is 2. The van der Waals surface area contributed by atoms with Crippen molar-refractivity contribution >= 4 is 35.7 Å². The fourth-order valence-corrected chi connectivity index (χ4v) is 7.22. The Labute approximate surface area is 355 Å². The Morgan fingerprint density at radius 2 is 1.65 bits per heavy atom. The predicted octanol–water partition coefficient (Wildman–Crippen LogP) is 6.81. The van der Waals surface area contributed by atoms with Gasteiger partial charge in [0, 0.05) is 63.5 Å². The van der Waals surface area contributed by atoms with Gasteiger partial charge in [-0.15, -0.1) is 0 Å². The highest BCUT2D eigenvalue weighted by Crippen LogP contribution is 2.43. The number of aliphatic hydroxyl groups is 1. The molecule has 13 nitrogen and oxygen atoms in total. The van der Waals surface area contributed by atoms with Crippen molar-refractivity contribution in [3.8, 4) is 0 Å². The van der Waals surface area contributed by atoms with Crippen molar-refractivity contribution in [3.63, 3.8) is 0 Å². The van der Waals surface area contributed by atoms with Gasteiger partial charge in [0.05, 0.1) is 18.2 Å². The molecule has 1 fully saturated rings. The summed E-state index contributed by atoms with van der Waals surface area (Å²) in [4.78, 5) is 66.9. The first kappa shape index (κ1) is 47.8. The van der Waals surface area contributed by atoms with E-state index in [2.05, 4.69) is 24.5 Å². The number of aliphatic hydroxyl groups excluding tert-OH is 1. The number of esters is 2. The molecule has 2 aromatic carbocycles. The van der Waals surface area contributed by atoms with E-state index in [0.717, 1.165) is 38.5 Å². The lowest BCUT2D eigenvalue weighted by atomic mass is 9.91. The van der Waals surface area contributed by atoms with Crippen molar-refractivity contribution in [2.75, 3.05) is 20.7 Å². The zero-order valence-electron chi connectivity index (χ0n) is 36.4. The first-order chi connectivity index (χ1) is 28.6. The molecule has 4 rings (SSSR count). The van der Waals surface area contributed by atoms with Gasteiger partial charge in [0.15, 0.2) is 5.79 Å². The fraction of sp³-hybridized carbons (Fsp3) is 0.553. The average Bonchev–Trinajstić information content (AvgIpc) is 3.58. The van der Waals surface area contributed by atoms with Gasteiger partial charge in [0.2, 0.25) is 11.8 Å². The molecule has 4 unspecified atom stereocenters. The van der Waals surface area contributed by atoms with Crippen LogP contribution in [-0.4, -0.2) is 96.1 Å². The predicted molar refractivity (Wildman–Crippen MR) is 229 cm³/mol. The Morgan fingerprint density at radius 3 is 2.30 bits per heavy atom. The van der Waals surface area contributed by atoms with Crippen LogP contribution >= 0.6 is 0 Å². The van der Waals surface area contributed by atoms with Crippen molar-refractivity contribution in [2.45, 2.75) is 148 Å². The van der Waals surface area contributed by atoms with Gasteiger partial charge in [-0.2, -0.15) is 0 Å². The largest absolute Gasteiger partial charge is 0.460 e. The van der Waals surface area contributed by atoms with Gasteiger partial charge in [0.25, 0.3) is 5.91 Å². The van der Waals surface area contributed by atoms with Crippen LogP contribution in [0.4, 0.5) is 0 Å². The van der Waals surface area contributed by atoms with Gasteiger partial charge in [-0.3, -0.25) is 19.2 Å². The monoisotopic (exact) mass is 831 g/mol. The van der Waals surface area contributed by atoms with Crippen LogP contribution in [0.15, 0.2) is 66.3 Å². The number of rotatable bonds is 21. The van der Waals surface area contributed by atoms with Gasteiger partial charge in [0.1, 0.15) is 23.9 Å². The van der Waals surface area contributed by atoms with Crippen molar-refractivity contribution in [1.29, 1.82) is 0 Å². The minimum Gasteiger partial charge on any atom is -0.460 e. The SMILES string of the molecule is CCCCCC1(CCCCC)OC2C=C(C(=O)NCc3cccc(C(=O)NC(CO)CCC(=O)OC(C)(C)C)c3)CC(OC(=O)c3ccccc3C=CC(=O)N(C)C)C2O1. The maximum absolute atomic E-state index is 13.9. The van der Waals surface area contributed by atoms with Crippen LogP contribution in [-0.2, 0) is 39.9 Å². The Hall–Kier alpha value is -4.85. The number of ether oxygens (including phenoxy) is 4. The van der Waals surface area contributed by atoms with Crippen LogP contribution in [0.2, 0.25) is 0 Å². The molecule has 3 N–H and O–H groups in total. The number of hydrogen-bond acceptors (Lipinski definition) is 10.